The van der Waals surface area contributed by atoms with Crippen molar-refractivity contribution in [2.45, 2.75) is 31.6 Å². The van der Waals surface area contributed by atoms with E-state index in [0.29, 0.717) is 11.8 Å². The van der Waals surface area contributed by atoms with Crippen LogP contribution in [0, 0.1) is 0 Å². The highest BCUT2D eigenvalue weighted by Gasteiger charge is 2.15. The van der Waals surface area contributed by atoms with Crippen LogP contribution in [0.15, 0.2) is 34.6 Å². The molecule has 0 amide bonds. The molecule has 3 rings (SSSR count). The first-order valence-corrected chi connectivity index (χ1v) is 10.9. The Morgan fingerprint density at radius 3 is 2.78 bits per heavy atom. The van der Waals surface area contributed by atoms with E-state index < -0.39 is 0 Å². The van der Waals surface area contributed by atoms with Gasteiger partial charge in [0, 0.05) is 29.3 Å². The van der Waals surface area contributed by atoms with E-state index in [0.717, 1.165) is 41.1 Å². The lowest BCUT2D eigenvalue weighted by atomic mass is 10.2. The molecule has 2 aromatic rings. The predicted molar refractivity (Wildman–Crippen MR) is 128 cm³/mol. The van der Waals surface area contributed by atoms with E-state index in [2.05, 4.69) is 39.7 Å². The van der Waals surface area contributed by atoms with Gasteiger partial charge in [0.1, 0.15) is 10.8 Å². The summed E-state index contributed by atoms with van der Waals surface area (Å²) >= 11 is 3.71. The van der Waals surface area contributed by atoms with Crippen LogP contribution in [0.25, 0.3) is 10.6 Å². The van der Waals surface area contributed by atoms with Gasteiger partial charge in [0.2, 0.25) is 0 Å². The van der Waals surface area contributed by atoms with Crippen LogP contribution >= 0.6 is 47.1 Å². The first kappa shape index (κ1) is 22.3. The van der Waals surface area contributed by atoms with Gasteiger partial charge in [0.05, 0.1) is 19.3 Å². The number of hydrogen-bond donors (Lipinski definition) is 2. The number of methoxy groups -OCH3 is 1. The van der Waals surface area contributed by atoms with E-state index >= 15 is 0 Å². The van der Waals surface area contributed by atoms with Crippen LogP contribution in [0.2, 0.25) is 0 Å². The molecule has 8 heteroatoms. The summed E-state index contributed by atoms with van der Waals surface area (Å²) in [5.41, 5.74) is 2.10. The van der Waals surface area contributed by atoms with E-state index in [-0.39, 0.29) is 24.0 Å². The summed E-state index contributed by atoms with van der Waals surface area (Å²) in [7, 11) is 1.68. The number of rotatable bonds is 7. The Morgan fingerprint density at radius 1 is 1.30 bits per heavy atom. The van der Waals surface area contributed by atoms with Crippen molar-refractivity contribution < 1.29 is 4.74 Å². The van der Waals surface area contributed by atoms with Crippen LogP contribution in [-0.2, 0) is 6.54 Å². The molecule has 1 aromatic heterocycles. The van der Waals surface area contributed by atoms with E-state index in [9.17, 15) is 0 Å². The number of aliphatic imine (C=N–C) groups is 1. The number of guanidine groups is 1. The van der Waals surface area contributed by atoms with E-state index in [1.165, 1.54) is 18.6 Å². The zero-order valence-corrected chi connectivity index (χ0v) is 19.7. The Bertz CT molecular complexity index is 715. The number of nitrogens with one attached hydrogen (secondary N) is 2. The lowest BCUT2D eigenvalue weighted by Gasteiger charge is -2.14. The summed E-state index contributed by atoms with van der Waals surface area (Å²) in [5, 5.41) is 10.6. The largest absolute Gasteiger partial charge is 0.497 e. The molecule has 1 fully saturated rings. The van der Waals surface area contributed by atoms with Gasteiger partial charge in [-0.05, 0) is 49.8 Å². The Labute approximate surface area is 186 Å². The fourth-order valence-electron chi connectivity index (χ4n) is 2.76. The highest BCUT2D eigenvalue weighted by atomic mass is 127. The lowest BCUT2D eigenvalue weighted by Crippen LogP contribution is -2.40. The number of halogens is 1. The molecule has 0 radical (unpaired) electrons. The van der Waals surface area contributed by atoms with Crippen molar-refractivity contribution in [2.75, 3.05) is 26.0 Å². The average molecular weight is 518 g/mol. The minimum Gasteiger partial charge on any atom is -0.497 e. The highest BCUT2D eigenvalue weighted by Crippen LogP contribution is 2.26. The van der Waals surface area contributed by atoms with Gasteiger partial charge in [-0.15, -0.1) is 35.3 Å². The fourth-order valence-corrected chi connectivity index (χ4v) is 4.78. The minimum atomic E-state index is 0. The second-order valence-corrected chi connectivity index (χ2v) is 8.35. The molecule has 0 saturated carbocycles. The summed E-state index contributed by atoms with van der Waals surface area (Å²) in [6.45, 7) is 4.51. The van der Waals surface area contributed by atoms with Gasteiger partial charge >= 0.3 is 0 Å². The van der Waals surface area contributed by atoms with Gasteiger partial charge in [-0.2, -0.15) is 11.8 Å². The summed E-state index contributed by atoms with van der Waals surface area (Å²) < 4.78 is 5.21. The maximum atomic E-state index is 5.21. The monoisotopic (exact) mass is 518 g/mol. The standard InChI is InChI=1S/C19H26N4OS2.HI/c1-3-20-19(22-12-17-5-4-10-25-17)21-11-15-13-26-18(23-15)14-6-8-16(24-2)9-7-14;/h6-9,13,17H,3-5,10-12H2,1-2H3,(H2,20,21,22);1H. The van der Waals surface area contributed by atoms with Crippen LogP contribution in [0.5, 0.6) is 5.75 Å². The molecule has 2 heterocycles. The third kappa shape index (κ3) is 6.83. The predicted octanol–water partition coefficient (Wildman–Crippen LogP) is 4.39. The minimum absolute atomic E-state index is 0. The van der Waals surface area contributed by atoms with Crippen LogP contribution in [0.3, 0.4) is 0 Å². The van der Waals surface area contributed by atoms with Crippen molar-refractivity contribution in [2.24, 2.45) is 4.99 Å². The molecule has 148 valence electrons. The van der Waals surface area contributed by atoms with Crippen LogP contribution < -0.4 is 15.4 Å². The molecule has 2 N–H and O–H groups in total. The summed E-state index contributed by atoms with van der Waals surface area (Å²) in [4.78, 5) is 9.40. The van der Waals surface area contributed by atoms with Crippen LogP contribution in [0.1, 0.15) is 25.5 Å². The molecule has 1 unspecified atom stereocenters. The zero-order valence-electron chi connectivity index (χ0n) is 15.7. The van der Waals surface area contributed by atoms with E-state index in [1.807, 2.05) is 24.3 Å². The van der Waals surface area contributed by atoms with Crippen LogP contribution in [-0.4, -0.2) is 42.1 Å². The molecule has 5 nitrogen and oxygen atoms in total. The fraction of sp³-hybridized carbons (Fsp3) is 0.474. The number of thiazole rings is 1. The first-order valence-electron chi connectivity index (χ1n) is 9.01. The number of ether oxygens (including phenoxy) is 1. The van der Waals surface area contributed by atoms with Crippen LogP contribution in [0.4, 0.5) is 0 Å². The third-order valence-electron chi connectivity index (χ3n) is 4.15. The Balaban J connectivity index is 0.00000261. The van der Waals surface area contributed by atoms with Crippen molar-refractivity contribution in [3.8, 4) is 16.3 Å². The second-order valence-electron chi connectivity index (χ2n) is 6.08. The molecule has 1 aliphatic heterocycles. The van der Waals surface area contributed by atoms with Crippen molar-refractivity contribution in [1.82, 2.24) is 15.6 Å². The molecule has 1 aromatic carbocycles. The van der Waals surface area contributed by atoms with Crippen molar-refractivity contribution in [3.63, 3.8) is 0 Å². The molecule has 1 saturated heterocycles. The zero-order chi connectivity index (χ0) is 18.2. The van der Waals surface area contributed by atoms with Crippen molar-refractivity contribution >= 4 is 53.0 Å². The normalized spacial score (nSPS) is 16.7. The maximum Gasteiger partial charge on any atom is 0.191 e. The van der Waals surface area contributed by atoms with Gasteiger partial charge in [0.15, 0.2) is 5.96 Å². The van der Waals surface area contributed by atoms with E-state index in [4.69, 9.17) is 9.72 Å². The maximum absolute atomic E-state index is 5.21. The molecule has 0 bridgehead atoms. The molecular formula is C19H27IN4OS2. The van der Waals surface area contributed by atoms with Gasteiger partial charge in [-0.1, -0.05) is 0 Å². The van der Waals surface area contributed by atoms with Crippen molar-refractivity contribution in [3.05, 3.63) is 35.3 Å². The SMILES string of the molecule is CCNC(=NCc1csc(-c2ccc(OC)cc2)n1)NCC1CCCS1.I. The topological polar surface area (TPSA) is 58.5 Å². The average Bonchev–Trinajstić information content (AvgIpc) is 3.36. The highest BCUT2D eigenvalue weighted by molar-refractivity contribution is 14.0. The summed E-state index contributed by atoms with van der Waals surface area (Å²) in [5.74, 6) is 3.02. The number of nitrogens with zero attached hydrogens (tertiary/aromatic N) is 2. The molecule has 27 heavy (non-hydrogen) atoms. The van der Waals surface area contributed by atoms with Gasteiger partial charge in [-0.3, -0.25) is 0 Å². The second kappa shape index (κ2) is 11.8. The smallest absolute Gasteiger partial charge is 0.191 e. The van der Waals surface area contributed by atoms with Gasteiger partial charge in [-0.25, -0.2) is 9.98 Å². The van der Waals surface area contributed by atoms with E-state index in [1.54, 1.807) is 18.4 Å². The Kier molecular flexibility index (Phi) is 9.70. The molecule has 1 aliphatic rings. The lowest BCUT2D eigenvalue weighted by molar-refractivity contribution is 0.415. The number of hydrogen-bond acceptors (Lipinski definition) is 5. The molecule has 0 spiro atoms. The molecule has 1 atom stereocenters. The Morgan fingerprint density at radius 2 is 2.11 bits per heavy atom. The number of benzene rings is 1. The first-order chi connectivity index (χ1) is 12.8. The summed E-state index contributed by atoms with van der Waals surface area (Å²) in [6.07, 6.45) is 2.63. The Hall–Kier alpha value is -1.00. The van der Waals surface area contributed by atoms with Gasteiger partial charge in [0.25, 0.3) is 0 Å². The number of thioether (sulfide) groups is 1. The third-order valence-corrected chi connectivity index (χ3v) is 6.49. The van der Waals surface area contributed by atoms with Crippen molar-refractivity contribution in [1.29, 1.82) is 0 Å². The molecular weight excluding hydrogens is 491 g/mol. The summed E-state index contributed by atoms with van der Waals surface area (Å²) in [6, 6.07) is 8.00. The molecule has 0 aliphatic carbocycles. The quantitative estimate of drug-likeness (QED) is 0.324. The number of aromatic nitrogens is 1. The van der Waals surface area contributed by atoms with Gasteiger partial charge < -0.3 is 15.4 Å².